The molecule has 0 radical (unpaired) electrons. The Labute approximate surface area is 206 Å². The molecule has 0 bridgehead atoms. The molecule has 186 valence electrons. The van der Waals surface area contributed by atoms with Gasteiger partial charge in [-0.05, 0) is 62.6 Å². The highest BCUT2D eigenvalue weighted by atomic mass is 16.5. The maximum absolute atomic E-state index is 13.2. The number of aryl methyl sites for hydroxylation is 1. The Morgan fingerprint density at radius 3 is 2.63 bits per heavy atom. The van der Waals surface area contributed by atoms with Gasteiger partial charge in [-0.25, -0.2) is 0 Å². The Morgan fingerprint density at radius 1 is 1.20 bits per heavy atom. The van der Waals surface area contributed by atoms with Crippen LogP contribution in [0.3, 0.4) is 0 Å². The molecule has 0 aliphatic carbocycles. The standard InChI is InChI=1S/C27H33N3O5/c1-18(2)35-21-7-8-22(19(3)16-21)25(31)23-24(20-6-4-9-28-17-20)30(27(33)26(23)32)11-5-10-29-12-14-34-15-13-29/h4,6-9,16-18,24,31H,5,10-15H2,1-3H3/b25-23+/t24-/m1/s1. The lowest BCUT2D eigenvalue weighted by Gasteiger charge is -2.29. The van der Waals surface area contributed by atoms with E-state index in [1.54, 1.807) is 35.5 Å². The second kappa shape index (κ2) is 11.0. The fourth-order valence-corrected chi connectivity index (χ4v) is 4.68. The van der Waals surface area contributed by atoms with Crippen LogP contribution in [-0.2, 0) is 14.3 Å². The van der Waals surface area contributed by atoms with E-state index in [9.17, 15) is 14.7 Å². The number of hydrogen-bond acceptors (Lipinski definition) is 7. The van der Waals surface area contributed by atoms with Crippen LogP contribution >= 0.6 is 0 Å². The van der Waals surface area contributed by atoms with Gasteiger partial charge in [0, 0.05) is 44.1 Å². The monoisotopic (exact) mass is 479 g/mol. The third kappa shape index (κ3) is 5.55. The molecule has 0 saturated carbocycles. The van der Waals surface area contributed by atoms with Crippen molar-refractivity contribution in [3.8, 4) is 5.75 Å². The zero-order valence-corrected chi connectivity index (χ0v) is 20.6. The molecule has 35 heavy (non-hydrogen) atoms. The first-order valence-electron chi connectivity index (χ1n) is 12.1. The van der Waals surface area contributed by atoms with Gasteiger partial charge in [-0.3, -0.25) is 19.5 Å². The van der Waals surface area contributed by atoms with E-state index in [1.807, 2.05) is 32.9 Å². The summed E-state index contributed by atoms with van der Waals surface area (Å²) in [7, 11) is 0. The summed E-state index contributed by atoms with van der Waals surface area (Å²) in [4.78, 5) is 34.4. The zero-order valence-electron chi connectivity index (χ0n) is 20.6. The fraction of sp³-hybridized carbons (Fsp3) is 0.444. The topological polar surface area (TPSA) is 92.2 Å². The lowest BCUT2D eigenvalue weighted by atomic mass is 9.94. The molecule has 2 fully saturated rings. The van der Waals surface area contributed by atoms with Crippen molar-refractivity contribution in [2.24, 2.45) is 0 Å². The lowest BCUT2D eigenvalue weighted by Crippen LogP contribution is -2.39. The highest BCUT2D eigenvalue weighted by Crippen LogP contribution is 2.40. The van der Waals surface area contributed by atoms with Gasteiger partial charge < -0.3 is 19.5 Å². The number of ketones is 1. The number of aliphatic hydroxyl groups is 1. The normalized spacial score (nSPS) is 20.6. The lowest BCUT2D eigenvalue weighted by molar-refractivity contribution is -0.140. The number of aromatic nitrogens is 1. The summed E-state index contributed by atoms with van der Waals surface area (Å²) in [6.07, 6.45) is 4.02. The first kappa shape index (κ1) is 24.9. The summed E-state index contributed by atoms with van der Waals surface area (Å²) < 4.78 is 11.2. The van der Waals surface area contributed by atoms with Gasteiger partial charge in [0.25, 0.3) is 11.7 Å². The Kier molecular flexibility index (Phi) is 7.83. The molecular formula is C27H33N3O5. The summed E-state index contributed by atoms with van der Waals surface area (Å²) >= 11 is 0. The molecule has 8 heteroatoms. The maximum Gasteiger partial charge on any atom is 0.295 e. The number of ether oxygens (including phenoxy) is 2. The summed E-state index contributed by atoms with van der Waals surface area (Å²) in [5, 5.41) is 11.3. The molecule has 1 amide bonds. The number of Topliss-reactive ketones (excluding diaryl/α,β-unsaturated/α-hetero) is 1. The first-order valence-corrected chi connectivity index (χ1v) is 12.1. The number of carbonyl (C=O) groups excluding carboxylic acids is 2. The smallest absolute Gasteiger partial charge is 0.295 e. The number of benzene rings is 1. The van der Waals surface area contributed by atoms with E-state index in [1.165, 1.54) is 0 Å². The van der Waals surface area contributed by atoms with Crippen molar-refractivity contribution >= 4 is 17.4 Å². The van der Waals surface area contributed by atoms with Crippen LogP contribution in [0, 0.1) is 6.92 Å². The number of likely N-dealkylation sites (tertiary alicyclic amines) is 1. The number of hydrogen-bond donors (Lipinski definition) is 1. The third-order valence-electron chi connectivity index (χ3n) is 6.34. The van der Waals surface area contributed by atoms with Crippen molar-refractivity contribution in [2.45, 2.75) is 39.3 Å². The molecule has 1 atom stereocenters. The molecule has 4 rings (SSSR count). The van der Waals surface area contributed by atoms with Gasteiger partial charge in [-0.1, -0.05) is 6.07 Å². The van der Waals surface area contributed by atoms with Crippen molar-refractivity contribution < 1.29 is 24.2 Å². The van der Waals surface area contributed by atoms with Gasteiger partial charge in [0.05, 0.1) is 30.9 Å². The van der Waals surface area contributed by atoms with E-state index >= 15 is 0 Å². The average Bonchev–Trinajstić information content (AvgIpc) is 3.10. The van der Waals surface area contributed by atoms with E-state index in [-0.39, 0.29) is 17.4 Å². The number of nitrogens with zero attached hydrogens (tertiary/aromatic N) is 3. The van der Waals surface area contributed by atoms with Crippen LogP contribution in [0.4, 0.5) is 0 Å². The minimum Gasteiger partial charge on any atom is -0.507 e. The highest BCUT2D eigenvalue weighted by Gasteiger charge is 2.46. The fourth-order valence-electron chi connectivity index (χ4n) is 4.68. The van der Waals surface area contributed by atoms with Crippen LogP contribution in [0.1, 0.15) is 43.0 Å². The highest BCUT2D eigenvalue weighted by molar-refractivity contribution is 6.46. The molecule has 2 saturated heterocycles. The van der Waals surface area contributed by atoms with E-state index < -0.39 is 17.7 Å². The quantitative estimate of drug-likeness (QED) is 0.353. The van der Waals surface area contributed by atoms with Crippen molar-refractivity contribution in [1.82, 2.24) is 14.8 Å². The largest absolute Gasteiger partial charge is 0.507 e. The SMILES string of the molecule is Cc1cc(OC(C)C)ccc1/C(O)=C1\C(=O)C(=O)N(CCCN2CCOCC2)[C@@H]1c1cccnc1. The molecule has 0 unspecified atom stereocenters. The zero-order chi connectivity index (χ0) is 24.9. The number of pyridine rings is 1. The predicted molar refractivity (Wildman–Crippen MR) is 132 cm³/mol. The van der Waals surface area contributed by atoms with E-state index in [2.05, 4.69) is 9.88 Å². The van der Waals surface area contributed by atoms with Crippen LogP contribution < -0.4 is 4.74 Å². The Balaban J connectivity index is 1.66. The summed E-state index contributed by atoms with van der Waals surface area (Å²) in [5.41, 5.74) is 2.04. The second-order valence-electron chi connectivity index (χ2n) is 9.23. The van der Waals surface area contributed by atoms with Crippen LogP contribution in [0.15, 0.2) is 48.3 Å². The molecular weight excluding hydrogens is 446 g/mol. The van der Waals surface area contributed by atoms with Gasteiger partial charge in [-0.15, -0.1) is 0 Å². The molecule has 2 aromatic rings. The minimum absolute atomic E-state index is 0.0159. The molecule has 2 aliphatic heterocycles. The third-order valence-corrected chi connectivity index (χ3v) is 6.34. The summed E-state index contributed by atoms with van der Waals surface area (Å²) in [6, 6.07) is 8.23. The van der Waals surface area contributed by atoms with Crippen LogP contribution in [0.2, 0.25) is 0 Å². The van der Waals surface area contributed by atoms with Gasteiger partial charge >= 0.3 is 0 Å². The minimum atomic E-state index is -0.695. The molecule has 8 nitrogen and oxygen atoms in total. The van der Waals surface area contributed by atoms with Crippen molar-refractivity contribution in [1.29, 1.82) is 0 Å². The summed E-state index contributed by atoms with van der Waals surface area (Å²) in [5.74, 6) is -0.771. The number of amides is 1. The number of carbonyl (C=O) groups is 2. The Hall–Kier alpha value is -3.23. The van der Waals surface area contributed by atoms with E-state index in [0.29, 0.717) is 43.1 Å². The second-order valence-corrected chi connectivity index (χ2v) is 9.23. The first-order chi connectivity index (χ1) is 16.9. The summed E-state index contributed by atoms with van der Waals surface area (Å²) in [6.45, 7) is 10.1. The van der Waals surface area contributed by atoms with E-state index in [4.69, 9.17) is 9.47 Å². The van der Waals surface area contributed by atoms with Gasteiger partial charge in [0.1, 0.15) is 11.5 Å². The van der Waals surface area contributed by atoms with Gasteiger partial charge in [-0.2, -0.15) is 0 Å². The molecule has 2 aliphatic rings. The van der Waals surface area contributed by atoms with Crippen molar-refractivity contribution in [2.75, 3.05) is 39.4 Å². The predicted octanol–water partition coefficient (Wildman–Crippen LogP) is 3.32. The Morgan fingerprint density at radius 2 is 1.97 bits per heavy atom. The molecule has 3 heterocycles. The molecule has 1 aromatic carbocycles. The number of rotatable bonds is 8. The van der Waals surface area contributed by atoms with Crippen molar-refractivity contribution in [3.05, 3.63) is 65.0 Å². The number of aliphatic hydroxyl groups excluding tert-OH is 1. The van der Waals surface area contributed by atoms with Crippen LogP contribution in [-0.4, -0.2) is 77.1 Å². The number of morpholine rings is 1. The average molecular weight is 480 g/mol. The van der Waals surface area contributed by atoms with E-state index in [0.717, 1.165) is 25.2 Å². The maximum atomic E-state index is 13.2. The molecule has 1 aromatic heterocycles. The van der Waals surface area contributed by atoms with Crippen LogP contribution in [0.5, 0.6) is 5.75 Å². The molecule has 1 N–H and O–H groups in total. The van der Waals surface area contributed by atoms with Crippen molar-refractivity contribution in [3.63, 3.8) is 0 Å². The van der Waals surface area contributed by atoms with Gasteiger partial charge in [0.15, 0.2) is 0 Å². The molecule has 0 spiro atoms. The van der Waals surface area contributed by atoms with Crippen LogP contribution in [0.25, 0.3) is 5.76 Å². The van der Waals surface area contributed by atoms with Gasteiger partial charge in [0.2, 0.25) is 0 Å². The Bertz CT molecular complexity index is 1090.